The number of rotatable bonds is 5. The third-order valence-corrected chi connectivity index (χ3v) is 5.43. The largest absolute Gasteiger partial charge is 0.338 e. The second-order valence-electron chi connectivity index (χ2n) is 7.23. The number of carbonyl (C=O) groups is 1. The van der Waals surface area contributed by atoms with Crippen molar-refractivity contribution in [3.8, 4) is 22.3 Å². The summed E-state index contributed by atoms with van der Waals surface area (Å²) >= 11 is 12.4. The molecule has 28 heavy (non-hydrogen) atoms. The minimum Gasteiger partial charge on any atom is -0.338 e. The van der Waals surface area contributed by atoms with Crippen LogP contribution < -0.4 is 11.1 Å². The van der Waals surface area contributed by atoms with Crippen LogP contribution in [0.5, 0.6) is 0 Å². The number of nitrogens with two attached hydrogens (primary N) is 1. The van der Waals surface area contributed by atoms with Gasteiger partial charge in [-0.2, -0.15) is 0 Å². The number of halogens is 2. The summed E-state index contributed by atoms with van der Waals surface area (Å²) in [6.07, 6.45) is 1.86. The predicted octanol–water partition coefficient (Wildman–Crippen LogP) is 5.43. The zero-order valence-electron chi connectivity index (χ0n) is 15.2. The molecule has 1 amide bonds. The third-order valence-electron chi connectivity index (χ3n) is 4.96. The van der Waals surface area contributed by atoms with Crippen LogP contribution in [-0.2, 0) is 11.2 Å². The van der Waals surface area contributed by atoms with E-state index >= 15 is 0 Å². The summed E-state index contributed by atoms with van der Waals surface area (Å²) < 4.78 is 0. The summed E-state index contributed by atoms with van der Waals surface area (Å²) in [5, 5.41) is 4.25. The Morgan fingerprint density at radius 2 is 1.39 bits per heavy atom. The fourth-order valence-electron chi connectivity index (χ4n) is 3.37. The van der Waals surface area contributed by atoms with Gasteiger partial charge < -0.3 is 11.1 Å². The number of benzene rings is 3. The summed E-state index contributed by atoms with van der Waals surface area (Å²) in [6.45, 7) is 0. The standard InChI is InChI=1S/C23H20Cl2N2O/c24-17-6-1-4-15(12-17)19-8-3-9-20(16-5-2-7-18(25)13-16)21(19)14-22(28)27-23(26)10-11-23/h1-9,12-13H,10-11,14,26H2,(H,27,28). The van der Waals surface area contributed by atoms with E-state index in [9.17, 15) is 4.79 Å². The van der Waals surface area contributed by atoms with Crippen molar-refractivity contribution < 1.29 is 4.79 Å². The van der Waals surface area contributed by atoms with E-state index in [1.807, 2.05) is 66.7 Å². The first-order valence-electron chi connectivity index (χ1n) is 9.17. The highest BCUT2D eigenvalue weighted by Crippen LogP contribution is 2.35. The highest BCUT2D eigenvalue weighted by Gasteiger charge is 2.39. The first-order valence-corrected chi connectivity index (χ1v) is 9.93. The molecule has 0 bridgehead atoms. The third kappa shape index (κ3) is 4.22. The second kappa shape index (κ2) is 7.59. The summed E-state index contributed by atoms with van der Waals surface area (Å²) in [7, 11) is 0. The maximum absolute atomic E-state index is 12.7. The molecule has 3 aromatic rings. The quantitative estimate of drug-likeness (QED) is 0.550. The van der Waals surface area contributed by atoms with Gasteiger partial charge in [-0.1, -0.05) is 65.7 Å². The Bertz CT molecular complexity index is 981. The topological polar surface area (TPSA) is 55.1 Å². The van der Waals surface area contributed by atoms with Crippen molar-refractivity contribution >= 4 is 29.1 Å². The second-order valence-corrected chi connectivity index (χ2v) is 8.11. The molecule has 0 atom stereocenters. The molecule has 0 aromatic heterocycles. The highest BCUT2D eigenvalue weighted by atomic mass is 35.5. The van der Waals surface area contributed by atoms with Gasteiger partial charge in [0.25, 0.3) is 0 Å². The van der Waals surface area contributed by atoms with E-state index in [2.05, 4.69) is 5.32 Å². The number of amides is 1. The van der Waals surface area contributed by atoms with Gasteiger partial charge in [-0.25, -0.2) is 0 Å². The van der Waals surface area contributed by atoms with Crippen LogP contribution in [0.2, 0.25) is 10.0 Å². The molecule has 3 nitrogen and oxygen atoms in total. The molecule has 142 valence electrons. The molecule has 0 spiro atoms. The molecule has 3 aromatic carbocycles. The lowest BCUT2D eigenvalue weighted by Crippen LogP contribution is -2.44. The molecule has 3 N–H and O–H groups in total. The zero-order valence-corrected chi connectivity index (χ0v) is 16.7. The van der Waals surface area contributed by atoms with Crippen molar-refractivity contribution in [2.45, 2.75) is 24.9 Å². The summed E-state index contributed by atoms with van der Waals surface area (Å²) in [5.74, 6) is -0.0854. The molecule has 0 aliphatic heterocycles. The molecule has 0 radical (unpaired) electrons. The average Bonchev–Trinajstić information content (AvgIpc) is 3.38. The van der Waals surface area contributed by atoms with Gasteiger partial charge >= 0.3 is 0 Å². The molecule has 5 heteroatoms. The molecule has 0 heterocycles. The molecule has 1 aliphatic rings. The Morgan fingerprint density at radius 3 is 1.86 bits per heavy atom. The number of hydrogen-bond acceptors (Lipinski definition) is 2. The minimum absolute atomic E-state index is 0.0854. The van der Waals surface area contributed by atoms with Gasteiger partial charge in [0.05, 0.1) is 12.1 Å². The SMILES string of the molecule is NC1(NC(=O)Cc2c(-c3cccc(Cl)c3)cccc2-c2cccc(Cl)c2)CC1. The van der Waals surface area contributed by atoms with E-state index in [0.717, 1.165) is 40.7 Å². The van der Waals surface area contributed by atoms with Crippen molar-refractivity contribution in [2.75, 3.05) is 0 Å². The number of nitrogens with one attached hydrogen (secondary N) is 1. The molecule has 1 aliphatic carbocycles. The predicted molar refractivity (Wildman–Crippen MR) is 115 cm³/mol. The first-order chi connectivity index (χ1) is 13.4. The van der Waals surface area contributed by atoms with Gasteiger partial charge in [0.1, 0.15) is 0 Å². The molecule has 1 fully saturated rings. The van der Waals surface area contributed by atoms with Crippen LogP contribution in [0, 0.1) is 0 Å². The van der Waals surface area contributed by atoms with E-state index in [4.69, 9.17) is 28.9 Å². The number of hydrogen-bond donors (Lipinski definition) is 2. The van der Waals surface area contributed by atoms with E-state index < -0.39 is 5.66 Å². The molecule has 0 saturated heterocycles. The maximum Gasteiger partial charge on any atom is 0.225 e. The van der Waals surface area contributed by atoms with Crippen LogP contribution in [0.4, 0.5) is 0 Å². The van der Waals surface area contributed by atoms with Crippen molar-refractivity contribution in [1.29, 1.82) is 0 Å². The van der Waals surface area contributed by atoms with Gasteiger partial charge in [0.2, 0.25) is 5.91 Å². The Morgan fingerprint density at radius 1 is 0.893 bits per heavy atom. The van der Waals surface area contributed by atoms with Gasteiger partial charge in [-0.3, -0.25) is 4.79 Å². The lowest BCUT2D eigenvalue weighted by molar-refractivity contribution is -0.121. The van der Waals surface area contributed by atoms with Gasteiger partial charge in [-0.05, 0) is 64.9 Å². The Hall–Kier alpha value is -2.33. The summed E-state index contributed by atoms with van der Waals surface area (Å²) in [4.78, 5) is 12.7. The van der Waals surface area contributed by atoms with E-state index in [1.54, 1.807) is 0 Å². The summed E-state index contributed by atoms with van der Waals surface area (Å²) in [6, 6.07) is 21.3. The first kappa shape index (κ1) is 19.0. The van der Waals surface area contributed by atoms with Crippen LogP contribution in [0.15, 0.2) is 66.7 Å². The summed E-state index contributed by atoms with van der Waals surface area (Å²) in [5.41, 5.74) is 10.3. The highest BCUT2D eigenvalue weighted by molar-refractivity contribution is 6.31. The van der Waals surface area contributed by atoms with Crippen LogP contribution in [0.1, 0.15) is 18.4 Å². The van der Waals surface area contributed by atoms with Gasteiger partial charge in [0, 0.05) is 10.0 Å². The lowest BCUT2D eigenvalue weighted by atomic mass is 9.90. The van der Waals surface area contributed by atoms with Crippen LogP contribution in [0.25, 0.3) is 22.3 Å². The normalized spacial score (nSPS) is 14.5. The fraction of sp³-hybridized carbons (Fsp3) is 0.174. The van der Waals surface area contributed by atoms with Crippen LogP contribution >= 0.6 is 23.2 Å². The van der Waals surface area contributed by atoms with Crippen LogP contribution in [-0.4, -0.2) is 11.6 Å². The molecular formula is C23H20Cl2N2O. The Kier molecular flexibility index (Phi) is 5.15. The molecule has 4 rings (SSSR count). The van der Waals surface area contributed by atoms with Crippen LogP contribution in [0.3, 0.4) is 0 Å². The van der Waals surface area contributed by atoms with E-state index in [-0.39, 0.29) is 12.3 Å². The van der Waals surface area contributed by atoms with E-state index in [0.29, 0.717) is 10.0 Å². The molecule has 0 unspecified atom stereocenters. The Balaban J connectivity index is 1.81. The maximum atomic E-state index is 12.7. The van der Waals surface area contributed by atoms with Crippen molar-refractivity contribution in [1.82, 2.24) is 5.32 Å². The smallest absolute Gasteiger partial charge is 0.225 e. The van der Waals surface area contributed by atoms with Crippen molar-refractivity contribution in [3.05, 3.63) is 82.3 Å². The average molecular weight is 411 g/mol. The van der Waals surface area contributed by atoms with Crippen molar-refractivity contribution in [3.63, 3.8) is 0 Å². The number of carbonyl (C=O) groups excluding carboxylic acids is 1. The Labute approximate surface area is 174 Å². The van der Waals surface area contributed by atoms with Crippen molar-refractivity contribution in [2.24, 2.45) is 5.73 Å². The molecular weight excluding hydrogens is 391 g/mol. The minimum atomic E-state index is -0.543. The molecule has 1 saturated carbocycles. The zero-order chi connectivity index (χ0) is 19.7. The van der Waals surface area contributed by atoms with Gasteiger partial charge in [0.15, 0.2) is 0 Å². The fourth-order valence-corrected chi connectivity index (χ4v) is 3.75. The lowest BCUT2D eigenvalue weighted by Gasteiger charge is -2.18. The van der Waals surface area contributed by atoms with Gasteiger partial charge in [-0.15, -0.1) is 0 Å². The monoisotopic (exact) mass is 410 g/mol. The van der Waals surface area contributed by atoms with E-state index in [1.165, 1.54) is 0 Å².